The van der Waals surface area contributed by atoms with E-state index in [1.54, 1.807) is 0 Å². The van der Waals surface area contributed by atoms with E-state index in [-0.39, 0.29) is 6.04 Å². The van der Waals surface area contributed by atoms with Gasteiger partial charge >= 0.3 is 0 Å². The molecule has 3 heteroatoms. The molecule has 0 saturated carbocycles. The zero-order valence-corrected chi connectivity index (χ0v) is 16.3. The van der Waals surface area contributed by atoms with Gasteiger partial charge in [-0.1, -0.05) is 43.7 Å². The molecule has 24 heavy (non-hydrogen) atoms. The van der Waals surface area contributed by atoms with Crippen molar-refractivity contribution >= 4 is 23.0 Å². The van der Waals surface area contributed by atoms with Crippen LogP contribution in [0.15, 0.2) is 36.4 Å². The molecule has 2 N–H and O–H groups in total. The number of benzene rings is 2. The number of rotatable bonds is 4. The van der Waals surface area contributed by atoms with Gasteiger partial charge in [0.05, 0.1) is 6.04 Å². The fourth-order valence-electron chi connectivity index (χ4n) is 2.91. The summed E-state index contributed by atoms with van der Waals surface area (Å²) in [5.74, 6) is 0.436. The summed E-state index contributed by atoms with van der Waals surface area (Å²) in [5.41, 5.74) is 7.47. The summed E-state index contributed by atoms with van der Waals surface area (Å²) >= 11 is 5.55. The maximum absolute atomic E-state index is 5.55. The third kappa shape index (κ3) is 4.57. The first kappa shape index (κ1) is 18.5. The van der Waals surface area contributed by atoms with Gasteiger partial charge in [-0.2, -0.15) is 0 Å². The smallest absolute Gasteiger partial charge is 0.171 e. The number of hydrogen-bond acceptors (Lipinski definition) is 1. The maximum Gasteiger partial charge on any atom is 0.171 e. The van der Waals surface area contributed by atoms with E-state index in [0.29, 0.717) is 11.0 Å². The maximum atomic E-state index is 5.55. The molecule has 0 aromatic heterocycles. The highest BCUT2D eigenvalue weighted by Crippen LogP contribution is 2.26. The van der Waals surface area contributed by atoms with Crippen molar-refractivity contribution in [3.8, 4) is 0 Å². The van der Waals surface area contributed by atoms with Gasteiger partial charge in [0, 0.05) is 5.69 Å². The Hall–Kier alpha value is -1.87. The van der Waals surface area contributed by atoms with Crippen LogP contribution >= 0.6 is 12.2 Å². The van der Waals surface area contributed by atoms with Gasteiger partial charge in [0.15, 0.2) is 5.11 Å². The molecule has 0 spiro atoms. The lowest BCUT2D eigenvalue weighted by atomic mass is 9.92. The lowest BCUT2D eigenvalue weighted by Crippen LogP contribution is -2.35. The second-order valence-corrected chi connectivity index (χ2v) is 7.39. The fraction of sp³-hybridized carbons (Fsp3) is 0.381. The minimum atomic E-state index is 0.192. The van der Waals surface area contributed by atoms with Crippen LogP contribution < -0.4 is 10.6 Å². The summed E-state index contributed by atoms with van der Waals surface area (Å²) in [6.45, 7) is 13.0. The Morgan fingerprint density at radius 3 is 2.17 bits per heavy atom. The second-order valence-electron chi connectivity index (χ2n) is 6.98. The average molecular weight is 341 g/mol. The molecule has 128 valence electrons. The highest BCUT2D eigenvalue weighted by atomic mass is 32.1. The first-order valence-corrected chi connectivity index (χ1v) is 8.90. The monoisotopic (exact) mass is 340 g/mol. The van der Waals surface area contributed by atoms with Gasteiger partial charge in [-0.15, -0.1) is 0 Å². The third-order valence-electron chi connectivity index (χ3n) is 4.48. The van der Waals surface area contributed by atoms with Gasteiger partial charge in [0.2, 0.25) is 0 Å². The summed E-state index contributed by atoms with van der Waals surface area (Å²) in [6.07, 6.45) is 0. The topological polar surface area (TPSA) is 24.1 Å². The van der Waals surface area contributed by atoms with Crippen molar-refractivity contribution < 1.29 is 0 Å². The van der Waals surface area contributed by atoms with E-state index in [4.69, 9.17) is 12.2 Å². The van der Waals surface area contributed by atoms with E-state index in [9.17, 15) is 0 Å². The zero-order chi connectivity index (χ0) is 17.9. The Morgan fingerprint density at radius 2 is 1.58 bits per heavy atom. The van der Waals surface area contributed by atoms with Crippen LogP contribution in [0.3, 0.4) is 0 Å². The number of nitrogens with one attached hydrogen (secondary N) is 2. The third-order valence-corrected chi connectivity index (χ3v) is 4.70. The number of aryl methyl sites for hydroxylation is 4. The van der Waals surface area contributed by atoms with Crippen molar-refractivity contribution in [1.82, 2.24) is 5.32 Å². The van der Waals surface area contributed by atoms with Crippen LogP contribution in [0, 0.1) is 33.6 Å². The lowest BCUT2D eigenvalue weighted by molar-refractivity contribution is 0.471. The van der Waals surface area contributed by atoms with E-state index in [0.717, 1.165) is 5.69 Å². The Labute approximate surface area is 151 Å². The van der Waals surface area contributed by atoms with Crippen molar-refractivity contribution in [1.29, 1.82) is 0 Å². The fourth-order valence-corrected chi connectivity index (χ4v) is 3.15. The first-order chi connectivity index (χ1) is 11.3. The molecule has 0 saturated heterocycles. The minimum Gasteiger partial charge on any atom is -0.355 e. The van der Waals surface area contributed by atoms with Crippen molar-refractivity contribution in [2.24, 2.45) is 5.92 Å². The van der Waals surface area contributed by atoms with Gasteiger partial charge in [-0.25, -0.2) is 0 Å². The van der Waals surface area contributed by atoms with E-state index in [1.165, 1.54) is 27.8 Å². The van der Waals surface area contributed by atoms with Gasteiger partial charge in [-0.05, 0) is 80.2 Å². The van der Waals surface area contributed by atoms with Crippen LogP contribution in [0.25, 0.3) is 0 Å². The van der Waals surface area contributed by atoms with Gasteiger partial charge in [0.1, 0.15) is 0 Å². The molecule has 0 heterocycles. The number of thiocarbonyl (C=S) groups is 1. The van der Waals surface area contributed by atoms with Crippen LogP contribution in [0.2, 0.25) is 0 Å². The van der Waals surface area contributed by atoms with Crippen LogP contribution in [0.4, 0.5) is 5.69 Å². The highest BCUT2D eigenvalue weighted by molar-refractivity contribution is 7.80. The van der Waals surface area contributed by atoms with E-state index < -0.39 is 0 Å². The molecular formula is C21H28N2S. The lowest BCUT2D eigenvalue weighted by Gasteiger charge is -2.26. The standard InChI is InChI=1S/C21H28N2S/c1-13(2)20(19-10-7-14(3)11-17(19)6)23-21(24)22-18-9-8-15(4)16(5)12-18/h7-13,20H,1-6H3,(H2,22,23,24)/t20-/m0/s1. The molecule has 0 radical (unpaired) electrons. The van der Waals surface area contributed by atoms with Gasteiger partial charge in [0.25, 0.3) is 0 Å². The SMILES string of the molecule is Cc1ccc([C@@H](NC(=S)Nc2ccc(C)c(C)c2)C(C)C)c(C)c1. The normalized spacial score (nSPS) is 12.1. The average Bonchev–Trinajstić information content (AvgIpc) is 2.49. The molecule has 0 aliphatic carbocycles. The Kier molecular flexibility index (Phi) is 6.00. The molecule has 0 unspecified atom stereocenters. The summed E-state index contributed by atoms with van der Waals surface area (Å²) in [5, 5.41) is 7.48. The van der Waals surface area contributed by atoms with Crippen molar-refractivity contribution in [3.05, 3.63) is 64.2 Å². The minimum absolute atomic E-state index is 0.192. The molecule has 0 fully saturated rings. The Morgan fingerprint density at radius 1 is 0.875 bits per heavy atom. The van der Waals surface area contributed by atoms with Crippen LogP contribution in [-0.4, -0.2) is 5.11 Å². The predicted molar refractivity (Wildman–Crippen MR) is 109 cm³/mol. The molecule has 0 aliphatic heterocycles. The molecule has 1 atom stereocenters. The van der Waals surface area contributed by atoms with Crippen molar-refractivity contribution in [2.45, 2.75) is 47.6 Å². The van der Waals surface area contributed by atoms with E-state index >= 15 is 0 Å². The molecule has 0 aliphatic rings. The molecule has 2 nitrogen and oxygen atoms in total. The quantitative estimate of drug-likeness (QED) is 0.708. The molecule has 0 bridgehead atoms. The summed E-state index contributed by atoms with van der Waals surface area (Å²) in [6, 6.07) is 13.1. The van der Waals surface area contributed by atoms with E-state index in [1.807, 2.05) is 0 Å². The second kappa shape index (κ2) is 7.80. The Balaban J connectivity index is 2.15. The van der Waals surface area contributed by atoms with Crippen molar-refractivity contribution in [3.63, 3.8) is 0 Å². The van der Waals surface area contributed by atoms with Crippen molar-refractivity contribution in [2.75, 3.05) is 5.32 Å². The largest absolute Gasteiger partial charge is 0.355 e. The highest BCUT2D eigenvalue weighted by Gasteiger charge is 2.18. The summed E-state index contributed by atoms with van der Waals surface area (Å²) in [7, 11) is 0. The van der Waals surface area contributed by atoms with Gasteiger partial charge in [-0.3, -0.25) is 0 Å². The molecule has 0 amide bonds. The van der Waals surface area contributed by atoms with Crippen LogP contribution in [0.5, 0.6) is 0 Å². The molecular weight excluding hydrogens is 312 g/mol. The number of anilines is 1. The molecule has 2 aromatic carbocycles. The summed E-state index contributed by atoms with van der Waals surface area (Å²) < 4.78 is 0. The zero-order valence-electron chi connectivity index (χ0n) is 15.5. The Bertz CT molecular complexity index is 735. The molecule has 2 aromatic rings. The van der Waals surface area contributed by atoms with Gasteiger partial charge < -0.3 is 10.6 Å². The van der Waals surface area contributed by atoms with Crippen LogP contribution in [-0.2, 0) is 0 Å². The summed E-state index contributed by atoms with van der Waals surface area (Å²) in [4.78, 5) is 0. The van der Waals surface area contributed by atoms with Crippen LogP contribution in [0.1, 0.15) is 47.7 Å². The predicted octanol–water partition coefficient (Wildman–Crippen LogP) is 5.60. The number of hydrogen-bond donors (Lipinski definition) is 2. The van der Waals surface area contributed by atoms with E-state index in [2.05, 4.69) is 88.6 Å². The first-order valence-electron chi connectivity index (χ1n) is 8.50. The molecule has 2 rings (SSSR count).